The van der Waals surface area contributed by atoms with Crippen LogP contribution in [0.25, 0.3) is 16.6 Å². The van der Waals surface area contributed by atoms with Gasteiger partial charge in [0.1, 0.15) is 5.84 Å². The van der Waals surface area contributed by atoms with Crippen LogP contribution < -0.4 is 22.5 Å². The fourth-order valence-corrected chi connectivity index (χ4v) is 4.63. The number of amidine groups is 1. The number of aryl methyl sites for hydroxylation is 1. The second-order valence-electron chi connectivity index (χ2n) is 8.86. The monoisotopic (exact) mass is 477 g/mol. The van der Waals surface area contributed by atoms with Crippen molar-refractivity contribution < 1.29 is 0 Å². The third kappa shape index (κ3) is 4.44. The maximum absolute atomic E-state index is 6.51. The van der Waals surface area contributed by atoms with Crippen LogP contribution in [-0.4, -0.2) is 37.3 Å². The van der Waals surface area contributed by atoms with Gasteiger partial charge in [-0.25, -0.2) is 9.51 Å². The summed E-state index contributed by atoms with van der Waals surface area (Å²) in [6.45, 7) is 0. The number of anilines is 2. The summed E-state index contributed by atoms with van der Waals surface area (Å²) in [4.78, 5) is 4.60. The van der Waals surface area contributed by atoms with Gasteiger partial charge in [0, 0.05) is 48.3 Å². The second-order valence-corrected chi connectivity index (χ2v) is 9.27. The summed E-state index contributed by atoms with van der Waals surface area (Å²) in [6.07, 6.45) is 11.5. The zero-order valence-electron chi connectivity index (χ0n) is 18.9. The molecule has 0 unspecified atom stereocenters. The summed E-state index contributed by atoms with van der Waals surface area (Å²) in [5, 5.41) is 13.1. The quantitative estimate of drug-likeness (QED) is 0.196. The van der Waals surface area contributed by atoms with Crippen LogP contribution in [0.2, 0.25) is 5.02 Å². The molecule has 0 spiro atoms. The lowest BCUT2D eigenvalue weighted by Crippen LogP contribution is -2.33. The van der Waals surface area contributed by atoms with Crippen molar-refractivity contribution >= 4 is 40.0 Å². The normalized spacial score (nSPS) is 19.0. The van der Waals surface area contributed by atoms with Crippen molar-refractivity contribution in [2.24, 2.45) is 23.5 Å². The number of halogens is 1. The molecule has 1 aliphatic carbocycles. The minimum Gasteiger partial charge on any atom is -0.399 e. The molecule has 0 atom stereocenters. The van der Waals surface area contributed by atoms with Crippen LogP contribution in [0.15, 0.2) is 54.0 Å². The summed E-state index contributed by atoms with van der Waals surface area (Å²) in [5.74, 6) is 0.320. The molecule has 0 radical (unpaired) electrons. The van der Waals surface area contributed by atoms with Crippen LogP contribution in [0.3, 0.4) is 0 Å². The van der Waals surface area contributed by atoms with Gasteiger partial charge in [-0.15, -0.1) is 0 Å². The molecular formula is C24H28ClN9. The molecule has 0 amide bonds. The number of nitrogens with zero attached hydrogens (tertiary/aromatic N) is 5. The van der Waals surface area contributed by atoms with Crippen molar-refractivity contribution in [3.05, 3.63) is 59.6 Å². The first-order valence-electron chi connectivity index (χ1n) is 11.3. The number of aromatic nitrogens is 4. The van der Waals surface area contributed by atoms with E-state index in [0.717, 1.165) is 48.0 Å². The highest BCUT2D eigenvalue weighted by atomic mass is 35.5. The molecule has 5 rings (SSSR count). The maximum Gasteiger partial charge on any atom is 0.135 e. The van der Waals surface area contributed by atoms with Crippen LogP contribution >= 0.6 is 11.6 Å². The van der Waals surface area contributed by atoms with Gasteiger partial charge in [0.2, 0.25) is 0 Å². The lowest BCUT2D eigenvalue weighted by atomic mass is 9.91. The Kier molecular flexibility index (Phi) is 5.89. The number of hydrogen-bond donors (Lipinski definition) is 4. The summed E-state index contributed by atoms with van der Waals surface area (Å²) in [6, 6.07) is 7.80. The highest BCUT2D eigenvalue weighted by Gasteiger charge is 2.22. The summed E-state index contributed by atoms with van der Waals surface area (Å²) in [7, 11) is 1.90. The molecule has 176 valence electrons. The largest absolute Gasteiger partial charge is 0.399 e. The number of benzene rings is 1. The van der Waals surface area contributed by atoms with Gasteiger partial charge in [-0.2, -0.15) is 10.2 Å². The van der Waals surface area contributed by atoms with Gasteiger partial charge < -0.3 is 22.5 Å². The number of fused-ring (bicyclic) bond motifs is 1. The first-order valence-corrected chi connectivity index (χ1v) is 11.7. The van der Waals surface area contributed by atoms with E-state index >= 15 is 0 Å². The van der Waals surface area contributed by atoms with E-state index < -0.39 is 0 Å². The smallest absolute Gasteiger partial charge is 0.135 e. The van der Waals surface area contributed by atoms with Crippen molar-refractivity contribution in [3.63, 3.8) is 0 Å². The summed E-state index contributed by atoms with van der Waals surface area (Å²) >= 11 is 6.34. The lowest BCUT2D eigenvalue weighted by molar-refractivity contribution is 0.411. The predicted octanol–water partition coefficient (Wildman–Crippen LogP) is 3.69. The van der Waals surface area contributed by atoms with Crippen molar-refractivity contribution in [2.45, 2.75) is 37.8 Å². The van der Waals surface area contributed by atoms with Crippen LogP contribution in [0.5, 0.6) is 0 Å². The van der Waals surface area contributed by atoms with E-state index in [1.54, 1.807) is 29.1 Å². The molecule has 34 heavy (non-hydrogen) atoms. The molecule has 0 aliphatic heterocycles. The topological polar surface area (TPSA) is 138 Å². The molecule has 1 fully saturated rings. The van der Waals surface area contributed by atoms with Crippen molar-refractivity contribution in [3.8, 4) is 11.1 Å². The van der Waals surface area contributed by atoms with Crippen molar-refractivity contribution in [2.75, 3.05) is 11.1 Å². The maximum atomic E-state index is 6.51. The van der Waals surface area contributed by atoms with Gasteiger partial charge in [-0.1, -0.05) is 11.6 Å². The molecule has 9 nitrogen and oxygen atoms in total. The second kappa shape index (κ2) is 9.00. The SMILES string of the molecule is Cn1cc(-c2cc3c(N[C@H]4CC[C@H](N)CC4)c(C(N)=Nc4ccc(N)cc4Cl)cnn3c2)cn1. The fraction of sp³-hybridized carbons (Fsp3) is 0.292. The standard InChI is InChI=1S/C24H28ClN9/c1-33-12-15(10-29-33)14-8-22-23(31-18-5-2-16(26)3-6-18)19(11-30-34(22)13-14)24(28)32-21-7-4-17(27)9-20(21)25/h4,7-13,16,18,31H,2-3,5-6,26-27H2,1H3,(H2,28,32)/t16-,18-. The average Bonchev–Trinajstić information content (AvgIpc) is 3.43. The highest BCUT2D eigenvalue weighted by Crippen LogP contribution is 2.32. The Morgan fingerprint density at radius 2 is 1.88 bits per heavy atom. The van der Waals surface area contributed by atoms with Crippen molar-refractivity contribution in [1.82, 2.24) is 19.4 Å². The van der Waals surface area contributed by atoms with Gasteiger partial charge in [0.25, 0.3) is 0 Å². The highest BCUT2D eigenvalue weighted by molar-refractivity contribution is 6.33. The molecule has 7 N–H and O–H groups in total. The van der Waals surface area contributed by atoms with E-state index in [4.69, 9.17) is 28.8 Å². The Balaban J connectivity index is 1.60. The van der Waals surface area contributed by atoms with Crippen LogP contribution in [0.4, 0.5) is 17.1 Å². The Morgan fingerprint density at radius 3 is 2.59 bits per heavy atom. The lowest BCUT2D eigenvalue weighted by Gasteiger charge is -2.28. The number of nitrogens with one attached hydrogen (secondary N) is 1. The first kappa shape index (κ1) is 22.2. The van der Waals surface area contributed by atoms with Crippen molar-refractivity contribution in [1.29, 1.82) is 0 Å². The number of nitrogen functional groups attached to an aromatic ring is 1. The van der Waals surface area contributed by atoms with Crippen LogP contribution in [0, 0.1) is 0 Å². The van der Waals surface area contributed by atoms with E-state index in [1.807, 2.05) is 30.2 Å². The summed E-state index contributed by atoms with van der Waals surface area (Å²) in [5.41, 5.74) is 24.1. The molecule has 1 aromatic carbocycles. The molecular weight excluding hydrogens is 450 g/mol. The average molecular weight is 478 g/mol. The molecule has 1 aliphatic rings. The van der Waals surface area contributed by atoms with Gasteiger partial charge >= 0.3 is 0 Å². The van der Waals surface area contributed by atoms with Gasteiger partial charge in [-0.05, 0) is 49.9 Å². The van der Waals surface area contributed by atoms with E-state index in [1.165, 1.54) is 0 Å². The first-order chi connectivity index (χ1) is 16.4. The number of nitrogens with two attached hydrogens (primary N) is 3. The van der Waals surface area contributed by atoms with E-state index in [0.29, 0.717) is 27.8 Å². The predicted molar refractivity (Wildman–Crippen MR) is 137 cm³/mol. The van der Waals surface area contributed by atoms with Crippen LogP contribution in [-0.2, 0) is 7.05 Å². The minimum absolute atomic E-state index is 0.264. The number of rotatable bonds is 5. The Hall–Kier alpha value is -3.56. The molecule has 0 saturated heterocycles. The minimum atomic E-state index is 0.264. The molecule has 4 aromatic rings. The zero-order valence-corrected chi connectivity index (χ0v) is 19.7. The van der Waals surface area contributed by atoms with Gasteiger partial charge in [0.15, 0.2) is 0 Å². The molecule has 1 saturated carbocycles. The Morgan fingerprint density at radius 1 is 1.09 bits per heavy atom. The summed E-state index contributed by atoms with van der Waals surface area (Å²) < 4.78 is 3.63. The number of hydrogen-bond acceptors (Lipinski definition) is 6. The number of aliphatic imine (C=N–C) groups is 1. The fourth-order valence-electron chi connectivity index (χ4n) is 4.40. The molecule has 0 bridgehead atoms. The van der Waals surface area contributed by atoms with E-state index in [9.17, 15) is 0 Å². The molecule has 10 heteroatoms. The Labute approximate surface area is 202 Å². The van der Waals surface area contributed by atoms with Crippen LogP contribution in [0.1, 0.15) is 31.2 Å². The third-order valence-electron chi connectivity index (χ3n) is 6.28. The van der Waals surface area contributed by atoms with E-state index in [2.05, 4.69) is 26.6 Å². The molecule has 3 heterocycles. The van der Waals surface area contributed by atoms with Gasteiger partial charge in [-0.3, -0.25) is 4.68 Å². The van der Waals surface area contributed by atoms with Gasteiger partial charge in [0.05, 0.1) is 39.9 Å². The third-order valence-corrected chi connectivity index (χ3v) is 6.59. The molecule has 3 aromatic heterocycles. The van der Waals surface area contributed by atoms with E-state index in [-0.39, 0.29) is 12.1 Å². The zero-order chi connectivity index (χ0) is 23.8. The Bertz CT molecular complexity index is 1360.